The number of aromatic nitrogens is 1. The van der Waals surface area contributed by atoms with Crippen LogP contribution in [-0.4, -0.2) is 15.7 Å². The van der Waals surface area contributed by atoms with E-state index >= 15 is 0 Å². The maximum atomic E-state index is 13.2. The molecule has 1 amide bonds. The number of thioether (sulfide) groups is 1. The van der Waals surface area contributed by atoms with Crippen LogP contribution in [0.3, 0.4) is 0 Å². The molecule has 1 aromatic heterocycles. The molecule has 33 heavy (non-hydrogen) atoms. The van der Waals surface area contributed by atoms with Gasteiger partial charge in [-0.25, -0.2) is 0 Å². The van der Waals surface area contributed by atoms with Crippen LogP contribution in [0.25, 0.3) is 0 Å². The molecule has 2 bridgehead atoms. The number of para-hydroxylation sites is 1. The molecule has 2 aliphatic carbocycles. The van der Waals surface area contributed by atoms with Gasteiger partial charge in [0.2, 0.25) is 5.91 Å². The lowest BCUT2D eigenvalue weighted by Gasteiger charge is -2.40. The average Bonchev–Trinajstić information content (AvgIpc) is 3.49. The average molecular weight is 497 g/mol. The van der Waals surface area contributed by atoms with Crippen LogP contribution in [0, 0.1) is 24.7 Å². The summed E-state index contributed by atoms with van der Waals surface area (Å²) < 4.78 is 1.71. The predicted molar refractivity (Wildman–Crippen MR) is 136 cm³/mol. The minimum Gasteiger partial charge on any atom is -0.324 e. The minimum atomic E-state index is -0.161. The third kappa shape index (κ3) is 3.67. The first-order chi connectivity index (χ1) is 16.0. The number of hydrogen-bond donors (Lipinski definition) is 1. The number of rotatable bonds is 4. The van der Waals surface area contributed by atoms with Gasteiger partial charge in [0.25, 0.3) is 0 Å². The second kappa shape index (κ2) is 8.33. The first-order valence-corrected chi connectivity index (χ1v) is 13.6. The van der Waals surface area contributed by atoms with Gasteiger partial charge in [-0.05, 0) is 73.3 Å². The van der Waals surface area contributed by atoms with E-state index in [2.05, 4.69) is 17.4 Å². The summed E-state index contributed by atoms with van der Waals surface area (Å²) in [5.74, 6) is 2.02. The molecule has 3 aromatic rings. The number of amides is 1. The van der Waals surface area contributed by atoms with Crippen molar-refractivity contribution in [1.82, 2.24) is 4.57 Å². The third-order valence-corrected chi connectivity index (χ3v) is 10.7. The van der Waals surface area contributed by atoms with Crippen LogP contribution in [-0.2, 0) is 11.3 Å². The van der Waals surface area contributed by atoms with E-state index in [1.54, 1.807) is 4.57 Å². The SMILES string of the molecule is Cc1ccccc1NC(=O)Cn1c2c(sc1=O)[C@@H](c1ccc(Cl)cc1)[C@@H]1[C@H]3CC[C@@H](C3)[C@H]1S2. The summed E-state index contributed by atoms with van der Waals surface area (Å²) >= 11 is 9.37. The Hall–Kier alpha value is -2.02. The first-order valence-electron chi connectivity index (χ1n) is 11.5. The van der Waals surface area contributed by atoms with Crippen molar-refractivity contribution < 1.29 is 4.79 Å². The number of halogens is 1. The molecule has 170 valence electrons. The molecule has 0 radical (unpaired) electrons. The van der Waals surface area contributed by atoms with Crippen LogP contribution in [0.2, 0.25) is 5.02 Å². The number of anilines is 1. The van der Waals surface area contributed by atoms with Gasteiger partial charge >= 0.3 is 4.87 Å². The molecular formula is C26H25ClN2O2S2. The van der Waals surface area contributed by atoms with Gasteiger partial charge in [0.1, 0.15) is 6.54 Å². The fourth-order valence-corrected chi connectivity index (χ4v) is 9.45. The number of fused-ring (bicyclic) bond motifs is 6. The second-order valence-electron chi connectivity index (χ2n) is 9.51. The van der Waals surface area contributed by atoms with E-state index in [1.807, 2.05) is 55.1 Å². The maximum Gasteiger partial charge on any atom is 0.308 e. The highest BCUT2D eigenvalue weighted by Gasteiger charge is 2.55. The number of hydrogen-bond acceptors (Lipinski definition) is 4. The molecule has 7 heteroatoms. The van der Waals surface area contributed by atoms with Gasteiger partial charge in [0.05, 0.1) is 5.03 Å². The Morgan fingerprint density at radius 3 is 2.67 bits per heavy atom. The lowest BCUT2D eigenvalue weighted by Crippen LogP contribution is -2.34. The molecule has 2 fully saturated rings. The lowest BCUT2D eigenvalue weighted by molar-refractivity contribution is -0.116. The zero-order valence-electron chi connectivity index (χ0n) is 18.3. The van der Waals surface area contributed by atoms with Crippen LogP contribution in [0.15, 0.2) is 58.4 Å². The molecule has 6 rings (SSSR count). The van der Waals surface area contributed by atoms with E-state index in [9.17, 15) is 9.59 Å². The molecular weight excluding hydrogens is 472 g/mol. The van der Waals surface area contributed by atoms with Gasteiger partial charge in [-0.3, -0.25) is 14.2 Å². The smallest absolute Gasteiger partial charge is 0.308 e. The van der Waals surface area contributed by atoms with Crippen LogP contribution in [0.5, 0.6) is 0 Å². The van der Waals surface area contributed by atoms with E-state index in [0.29, 0.717) is 17.1 Å². The molecule has 4 nitrogen and oxygen atoms in total. The number of nitrogens with zero attached hydrogens (tertiary/aromatic N) is 1. The summed E-state index contributed by atoms with van der Waals surface area (Å²) in [5.41, 5.74) is 3.04. The molecule has 3 aliphatic rings. The number of aryl methyl sites for hydroxylation is 1. The van der Waals surface area contributed by atoms with Crippen molar-refractivity contribution in [2.24, 2.45) is 17.8 Å². The van der Waals surface area contributed by atoms with E-state index in [0.717, 1.165) is 32.1 Å². The Balaban J connectivity index is 1.37. The maximum absolute atomic E-state index is 13.2. The van der Waals surface area contributed by atoms with E-state index < -0.39 is 0 Å². The highest BCUT2D eigenvalue weighted by Crippen LogP contribution is 2.64. The monoisotopic (exact) mass is 496 g/mol. The molecule has 2 heterocycles. The van der Waals surface area contributed by atoms with Gasteiger partial charge in [0, 0.05) is 26.8 Å². The van der Waals surface area contributed by atoms with Crippen LogP contribution < -0.4 is 10.2 Å². The van der Waals surface area contributed by atoms with Crippen LogP contribution >= 0.6 is 34.7 Å². The van der Waals surface area contributed by atoms with Gasteiger partial charge in [0.15, 0.2) is 0 Å². The number of carbonyl (C=O) groups is 1. The van der Waals surface area contributed by atoms with Crippen molar-refractivity contribution >= 4 is 46.3 Å². The minimum absolute atomic E-state index is 0.0429. The van der Waals surface area contributed by atoms with Crippen molar-refractivity contribution in [3.63, 3.8) is 0 Å². The first kappa shape index (κ1) is 21.5. The quantitative estimate of drug-likeness (QED) is 0.470. The molecule has 1 N–H and O–H groups in total. The molecule has 2 saturated carbocycles. The largest absolute Gasteiger partial charge is 0.324 e. The van der Waals surface area contributed by atoms with Crippen molar-refractivity contribution in [2.45, 2.75) is 48.9 Å². The Labute approximate surface area is 206 Å². The van der Waals surface area contributed by atoms with Crippen LogP contribution in [0.1, 0.15) is 41.2 Å². The Bertz CT molecular complexity index is 1280. The standard InChI is InChI=1S/C26H25ClN2O2S2/c1-14-4-2-3-5-19(14)28-20(30)13-29-25-24(33-26(29)31)21(15-8-10-18(27)11-9-15)22-16-6-7-17(12-16)23(22)32-25/h2-5,8-11,16-17,21-23H,6-7,12-13H2,1H3,(H,28,30)/t16-,17-,21-,22-,23+/m0/s1. The Kier molecular flexibility index (Phi) is 5.43. The predicted octanol–water partition coefficient (Wildman–Crippen LogP) is 6.16. The fraction of sp³-hybridized carbons (Fsp3) is 0.385. The fourth-order valence-electron chi connectivity index (χ4n) is 6.18. The summed E-state index contributed by atoms with van der Waals surface area (Å²) in [7, 11) is 0. The van der Waals surface area contributed by atoms with Crippen molar-refractivity contribution in [3.8, 4) is 0 Å². The van der Waals surface area contributed by atoms with E-state index in [1.165, 1.54) is 36.2 Å². The third-order valence-electron chi connectivity index (χ3n) is 7.64. The highest BCUT2D eigenvalue weighted by molar-refractivity contribution is 8.00. The normalized spacial score (nSPS) is 27.3. The van der Waals surface area contributed by atoms with Crippen LogP contribution in [0.4, 0.5) is 5.69 Å². The molecule has 0 saturated heterocycles. The van der Waals surface area contributed by atoms with Crippen molar-refractivity contribution in [3.05, 3.63) is 79.2 Å². The molecule has 0 spiro atoms. The Morgan fingerprint density at radius 2 is 1.88 bits per heavy atom. The topological polar surface area (TPSA) is 51.1 Å². The number of benzene rings is 2. The van der Waals surface area contributed by atoms with Crippen molar-refractivity contribution in [1.29, 1.82) is 0 Å². The number of nitrogens with one attached hydrogen (secondary N) is 1. The molecule has 5 atom stereocenters. The zero-order chi connectivity index (χ0) is 22.7. The van der Waals surface area contributed by atoms with E-state index in [-0.39, 0.29) is 23.2 Å². The molecule has 2 aromatic carbocycles. The summed E-state index contributed by atoms with van der Waals surface area (Å²) in [5, 5.41) is 5.23. The summed E-state index contributed by atoms with van der Waals surface area (Å²) in [6.07, 6.45) is 3.86. The summed E-state index contributed by atoms with van der Waals surface area (Å²) in [6.45, 7) is 2.01. The highest BCUT2D eigenvalue weighted by atomic mass is 35.5. The lowest BCUT2D eigenvalue weighted by atomic mass is 9.75. The molecule has 1 aliphatic heterocycles. The second-order valence-corrected chi connectivity index (χ2v) is 12.1. The van der Waals surface area contributed by atoms with Gasteiger partial charge in [-0.1, -0.05) is 53.3 Å². The summed E-state index contributed by atoms with van der Waals surface area (Å²) in [6, 6.07) is 15.9. The zero-order valence-corrected chi connectivity index (χ0v) is 20.7. The number of carbonyl (C=O) groups excluding carboxylic acids is 1. The van der Waals surface area contributed by atoms with Gasteiger partial charge in [-0.15, -0.1) is 11.8 Å². The molecule has 0 unspecified atom stereocenters. The summed E-state index contributed by atoms with van der Waals surface area (Å²) in [4.78, 5) is 27.2. The Morgan fingerprint density at radius 1 is 1.12 bits per heavy atom. The van der Waals surface area contributed by atoms with Gasteiger partial charge in [-0.2, -0.15) is 0 Å². The van der Waals surface area contributed by atoms with E-state index in [4.69, 9.17) is 11.6 Å². The van der Waals surface area contributed by atoms with Crippen molar-refractivity contribution in [2.75, 3.05) is 5.32 Å². The number of thiazole rings is 1. The van der Waals surface area contributed by atoms with Gasteiger partial charge < -0.3 is 5.32 Å².